The van der Waals surface area contributed by atoms with Crippen molar-refractivity contribution >= 4 is 23.4 Å². The van der Waals surface area contributed by atoms with Gasteiger partial charge in [-0.1, -0.05) is 17.7 Å². The van der Waals surface area contributed by atoms with Crippen molar-refractivity contribution in [2.75, 3.05) is 0 Å². The van der Waals surface area contributed by atoms with Crippen LogP contribution in [-0.2, 0) is 11.6 Å². The van der Waals surface area contributed by atoms with Crippen molar-refractivity contribution in [2.45, 2.75) is 23.5 Å². The van der Waals surface area contributed by atoms with Crippen LogP contribution in [0.1, 0.15) is 17.1 Å². The monoisotopic (exact) mass is 264 g/mol. The Morgan fingerprint density at radius 1 is 1.29 bits per heavy atom. The molecule has 0 spiro atoms. The van der Waals surface area contributed by atoms with Crippen molar-refractivity contribution in [1.82, 2.24) is 9.97 Å². The van der Waals surface area contributed by atoms with Crippen molar-refractivity contribution in [3.8, 4) is 0 Å². The number of halogens is 1. The lowest BCUT2D eigenvalue weighted by Gasteiger charge is -2.03. The van der Waals surface area contributed by atoms with Crippen molar-refractivity contribution in [2.24, 2.45) is 0 Å². The Balaban J connectivity index is 2.02. The number of hydrogen-bond acceptors (Lipinski definition) is 3. The molecule has 0 saturated heterocycles. The molecule has 1 heterocycles. The van der Waals surface area contributed by atoms with Crippen molar-refractivity contribution in [3.63, 3.8) is 0 Å². The molecular formula is C13H13ClN2S. The second-order valence-corrected chi connectivity index (χ2v) is 5.02. The van der Waals surface area contributed by atoms with Gasteiger partial charge in [-0.2, -0.15) is 0 Å². The summed E-state index contributed by atoms with van der Waals surface area (Å²) < 4.78 is 0. The number of alkyl halides is 1. The molecule has 0 fully saturated rings. The molecule has 1 aromatic carbocycles. The van der Waals surface area contributed by atoms with E-state index in [1.807, 2.05) is 6.07 Å². The summed E-state index contributed by atoms with van der Waals surface area (Å²) in [6.45, 7) is 2.09. The van der Waals surface area contributed by atoms with Crippen molar-refractivity contribution in [1.29, 1.82) is 0 Å². The summed E-state index contributed by atoms with van der Waals surface area (Å²) in [5.74, 6) is 2.04. The van der Waals surface area contributed by atoms with Gasteiger partial charge in [-0.25, -0.2) is 9.97 Å². The molecule has 0 N–H and O–H groups in total. The average molecular weight is 265 g/mol. The first-order valence-corrected chi connectivity index (χ1v) is 6.86. The van der Waals surface area contributed by atoms with Crippen LogP contribution in [0.2, 0.25) is 0 Å². The first-order chi connectivity index (χ1) is 8.28. The molecule has 1 aromatic heterocycles. The fourth-order valence-corrected chi connectivity index (χ4v) is 2.47. The molecule has 4 heteroatoms. The highest BCUT2D eigenvalue weighted by atomic mass is 35.5. The van der Waals surface area contributed by atoms with E-state index < -0.39 is 0 Å². The van der Waals surface area contributed by atoms with Crippen LogP contribution in [0.15, 0.2) is 41.4 Å². The van der Waals surface area contributed by atoms with Gasteiger partial charge in [-0.05, 0) is 25.1 Å². The van der Waals surface area contributed by atoms with Gasteiger partial charge in [-0.15, -0.1) is 23.4 Å². The first-order valence-electron chi connectivity index (χ1n) is 5.34. The van der Waals surface area contributed by atoms with Gasteiger partial charge >= 0.3 is 0 Å². The number of nitrogens with zero attached hydrogens (tertiary/aromatic N) is 2. The third kappa shape index (κ3) is 3.72. The number of aryl methyl sites for hydroxylation is 1. The minimum absolute atomic E-state index is 0.435. The second kappa shape index (κ2) is 6.03. The standard InChI is InChI=1S/C13H13ClN2S/c1-10-3-2-4-12(7-10)17-9-13-15-6-5-11(8-14)16-13/h2-7H,8-9H2,1H3. The van der Waals surface area contributed by atoms with E-state index in [4.69, 9.17) is 11.6 Å². The van der Waals surface area contributed by atoms with E-state index in [-0.39, 0.29) is 0 Å². The molecule has 2 rings (SSSR count). The molecule has 0 bridgehead atoms. The SMILES string of the molecule is Cc1cccc(SCc2nccc(CCl)n2)c1. The van der Waals surface area contributed by atoms with Crippen molar-refractivity contribution in [3.05, 3.63) is 53.6 Å². The summed E-state index contributed by atoms with van der Waals surface area (Å²) in [6, 6.07) is 10.3. The highest BCUT2D eigenvalue weighted by Crippen LogP contribution is 2.22. The summed E-state index contributed by atoms with van der Waals surface area (Å²) in [6.07, 6.45) is 1.76. The molecule has 0 atom stereocenters. The summed E-state index contributed by atoms with van der Waals surface area (Å²) in [4.78, 5) is 9.84. The van der Waals surface area contributed by atoms with Crippen LogP contribution in [-0.4, -0.2) is 9.97 Å². The number of thioether (sulfide) groups is 1. The Morgan fingerprint density at radius 3 is 2.94 bits per heavy atom. The molecule has 2 aromatic rings. The van der Waals surface area contributed by atoms with Gasteiger partial charge in [0.2, 0.25) is 0 Å². The highest BCUT2D eigenvalue weighted by molar-refractivity contribution is 7.98. The number of benzene rings is 1. The number of rotatable bonds is 4. The fourth-order valence-electron chi connectivity index (χ4n) is 1.44. The zero-order chi connectivity index (χ0) is 12.1. The van der Waals surface area contributed by atoms with Gasteiger partial charge in [0.05, 0.1) is 17.3 Å². The maximum Gasteiger partial charge on any atom is 0.138 e. The largest absolute Gasteiger partial charge is 0.240 e. The molecule has 0 aliphatic carbocycles. The Morgan fingerprint density at radius 2 is 2.18 bits per heavy atom. The van der Waals surface area contributed by atoms with Gasteiger partial charge in [0.15, 0.2) is 0 Å². The minimum atomic E-state index is 0.435. The third-order valence-corrected chi connectivity index (χ3v) is 3.52. The smallest absolute Gasteiger partial charge is 0.138 e. The van der Waals surface area contributed by atoms with E-state index in [2.05, 4.69) is 41.2 Å². The Hall–Kier alpha value is -1.06. The third-order valence-electron chi connectivity index (χ3n) is 2.26. The topological polar surface area (TPSA) is 25.8 Å². The van der Waals surface area contributed by atoms with Crippen LogP contribution in [0.4, 0.5) is 0 Å². The molecule has 0 radical (unpaired) electrons. The quantitative estimate of drug-likeness (QED) is 0.620. The zero-order valence-corrected chi connectivity index (χ0v) is 11.1. The molecule has 0 saturated carbocycles. The molecular weight excluding hydrogens is 252 g/mol. The molecule has 0 aliphatic heterocycles. The van der Waals surface area contributed by atoms with E-state index in [1.54, 1.807) is 18.0 Å². The van der Waals surface area contributed by atoms with E-state index in [1.165, 1.54) is 10.5 Å². The molecule has 88 valence electrons. The van der Waals surface area contributed by atoms with E-state index in [0.29, 0.717) is 5.88 Å². The summed E-state index contributed by atoms with van der Waals surface area (Å²) in [5.41, 5.74) is 2.15. The lowest BCUT2D eigenvalue weighted by molar-refractivity contribution is 0.986. The van der Waals surface area contributed by atoms with Gasteiger partial charge in [0, 0.05) is 11.1 Å². The van der Waals surface area contributed by atoms with Gasteiger partial charge in [0.25, 0.3) is 0 Å². The van der Waals surface area contributed by atoms with Crippen molar-refractivity contribution < 1.29 is 0 Å². The van der Waals surface area contributed by atoms with E-state index >= 15 is 0 Å². The number of hydrogen-bond donors (Lipinski definition) is 0. The molecule has 0 unspecified atom stereocenters. The van der Waals surface area contributed by atoms with E-state index in [0.717, 1.165) is 17.3 Å². The summed E-state index contributed by atoms with van der Waals surface area (Å²) in [5, 5.41) is 0. The van der Waals surface area contributed by atoms with Crippen LogP contribution in [0.5, 0.6) is 0 Å². The Kier molecular flexibility index (Phi) is 4.40. The van der Waals surface area contributed by atoms with Gasteiger partial charge in [-0.3, -0.25) is 0 Å². The van der Waals surface area contributed by atoms with Crippen LogP contribution >= 0.6 is 23.4 Å². The lowest BCUT2D eigenvalue weighted by Crippen LogP contribution is -1.95. The minimum Gasteiger partial charge on any atom is -0.240 e. The van der Waals surface area contributed by atoms with E-state index in [9.17, 15) is 0 Å². The number of aromatic nitrogens is 2. The second-order valence-electron chi connectivity index (χ2n) is 3.70. The highest BCUT2D eigenvalue weighted by Gasteiger charge is 2.00. The van der Waals surface area contributed by atoms with Crippen LogP contribution in [0.3, 0.4) is 0 Å². The Labute approximate surface area is 110 Å². The predicted molar refractivity (Wildman–Crippen MR) is 72.3 cm³/mol. The maximum atomic E-state index is 5.74. The van der Waals surface area contributed by atoms with Gasteiger partial charge in [0.1, 0.15) is 5.82 Å². The lowest BCUT2D eigenvalue weighted by atomic mass is 10.2. The fraction of sp³-hybridized carbons (Fsp3) is 0.231. The molecule has 17 heavy (non-hydrogen) atoms. The molecule has 2 nitrogen and oxygen atoms in total. The first kappa shape index (κ1) is 12.4. The zero-order valence-electron chi connectivity index (χ0n) is 9.56. The maximum absolute atomic E-state index is 5.74. The van der Waals surface area contributed by atoms with Crippen LogP contribution in [0, 0.1) is 6.92 Å². The molecule has 0 aliphatic rings. The predicted octanol–water partition coefficient (Wildman–Crippen LogP) is 3.82. The normalized spacial score (nSPS) is 10.5. The van der Waals surface area contributed by atoms with Crippen LogP contribution < -0.4 is 0 Å². The summed E-state index contributed by atoms with van der Waals surface area (Å²) in [7, 11) is 0. The molecule has 0 amide bonds. The average Bonchev–Trinajstić information content (AvgIpc) is 2.37. The van der Waals surface area contributed by atoms with Gasteiger partial charge < -0.3 is 0 Å². The Bertz CT molecular complexity index is 502. The van der Waals surface area contributed by atoms with Crippen LogP contribution in [0.25, 0.3) is 0 Å². The summed E-state index contributed by atoms with van der Waals surface area (Å²) >= 11 is 7.48.